The lowest BCUT2D eigenvalue weighted by Gasteiger charge is -2.38. The van der Waals surface area contributed by atoms with Crippen LogP contribution in [0.2, 0.25) is 10.0 Å². The summed E-state index contributed by atoms with van der Waals surface area (Å²) >= 11 is 12.3. The number of carbonyl (C=O) groups excluding carboxylic acids is 1. The first-order chi connectivity index (χ1) is 15.4. The number of hydrogen-bond donors (Lipinski definition) is 1. The Morgan fingerprint density at radius 2 is 1.88 bits per heavy atom. The van der Waals surface area contributed by atoms with Gasteiger partial charge in [-0.1, -0.05) is 42.6 Å². The van der Waals surface area contributed by atoms with E-state index in [-0.39, 0.29) is 23.7 Å². The third-order valence-electron chi connectivity index (χ3n) is 7.37. The first-order valence-electron chi connectivity index (χ1n) is 11.5. The number of fused-ring (bicyclic) bond motifs is 1. The molecule has 5 rings (SSSR count). The number of benzene rings is 1. The molecule has 32 heavy (non-hydrogen) atoms. The van der Waals surface area contributed by atoms with Gasteiger partial charge in [-0.05, 0) is 48.8 Å². The minimum Gasteiger partial charge on any atom is -0.387 e. The number of halogens is 2. The van der Waals surface area contributed by atoms with Crippen LogP contribution in [0.15, 0.2) is 24.5 Å². The predicted molar refractivity (Wildman–Crippen MR) is 125 cm³/mol. The Balaban J connectivity index is 1.28. The van der Waals surface area contributed by atoms with Crippen LogP contribution in [-0.4, -0.2) is 52.1 Å². The van der Waals surface area contributed by atoms with Gasteiger partial charge in [0.2, 0.25) is 5.91 Å². The summed E-state index contributed by atoms with van der Waals surface area (Å²) in [6.07, 6.45) is 4.70. The molecule has 0 spiro atoms. The second-order valence-corrected chi connectivity index (χ2v) is 10.1. The van der Waals surface area contributed by atoms with Crippen molar-refractivity contribution in [2.45, 2.75) is 50.5 Å². The number of aliphatic hydroxyl groups is 1. The van der Waals surface area contributed by atoms with Gasteiger partial charge >= 0.3 is 0 Å². The van der Waals surface area contributed by atoms with Crippen molar-refractivity contribution in [3.8, 4) is 0 Å². The highest BCUT2D eigenvalue weighted by Gasteiger charge is 2.38. The van der Waals surface area contributed by atoms with Gasteiger partial charge in [0, 0.05) is 37.7 Å². The predicted octanol–water partition coefficient (Wildman–Crippen LogP) is 4.56. The molecule has 1 unspecified atom stereocenters. The topological polar surface area (TPSA) is 69.6 Å². The van der Waals surface area contributed by atoms with Crippen molar-refractivity contribution in [1.29, 1.82) is 0 Å². The molecule has 8 heteroatoms. The molecule has 2 aliphatic carbocycles. The summed E-state index contributed by atoms with van der Waals surface area (Å²) in [5, 5.41) is 11.4. The van der Waals surface area contributed by atoms with Gasteiger partial charge in [0.1, 0.15) is 12.1 Å². The highest BCUT2D eigenvalue weighted by molar-refractivity contribution is 6.42. The molecule has 1 saturated carbocycles. The molecule has 1 aromatic carbocycles. The van der Waals surface area contributed by atoms with Crippen LogP contribution in [0.4, 0.5) is 5.82 Å². The smallest absolute Gasteiger partial charge is 0.226 e. The SMILES string of the molecule is C[C@@H]1C[C@@H](O)c2ncnc(N3CCN(C(=O)C4CCC[C@H]4c4ccc(Cl)c(Cl)c4)CC3)c21. The van der Waals surface area contributed by atoms with Crippen molar-refractivity contribution in [1.82, 2.24) is 14.9 Å². The number of aliphatic hydroxyl groups excluding tert-OH is 1. The van der Waals surface area contributed by atoms with Crippen molar-refractivity contribution in [3.63, 3.8) is 0 Å². The number of piperazine rings is 1. The third kappa shape index (κ3) is 3.87. The zero-order valence-electron chi connectivity index (χ0n) is 18.2. The molecule has 2 fully saturated rings. The second-order valence-electron chi connectivity index (χ2n) is 9.28. The highest BCUT2D eigenvalue weighted by atomic mass is 35.5. The van der Waals surface area contributed by atoms with Crippen LogP contribution in [0, 0.1) is 5.92 Å². The molecule has 4 atom stereocenters. The van der Waals surface area contributed by atoms with Gasteiger partial charge < -0.3 is 14.9 Å². The number of hydrogen-bond acceptors (Lipinski definition) is 5. The van der Waals surface area contributed by atoms with Gasteiger partial charge in [-0.15, -0.1) is 0 Å². The fourth-order valence-corrected chi connectivity index (χ4v) is 6.03. The fourth-order valence-electron chi connectivity index (χ4n) is 5.72. The molecule has 6 nitrogen and oxygen atoms in total. The summed E-state index contributed by atoms with van der Waals surface area (Å²) in [4.78, 5) is 26.6. The molecule has 1 aromatic heterocycles. The minimum absolute atomic E-state index is 0.00254. The van der Waals surface area contributed by atoms with Crippen molar-refractivity contribution in [3.05, 3.63) is 51.4 Å². The van der Waals surface area contributed by atoms with E-state index in [1.807, 2.05) is 23.1 Å². The Morgan fingerprint density at radius 3 is 2.62 bits per heavy atom. The standard InChI is InChI=1S/C24H28Cl2N4O2/c1-14-11-20(31)22-21(14)23(28-13-27-22)29-7-9-30(10-8-29)24(32)17-4-2-3-16(17)15-5-6-18(25)19(26)12-15/h5-6,12-14,16-17,20,31H,2-4,7-11H2,1H3/t14-,16+,17?,20-/m1/s1. The van der Waals surface area contributed by atoms with Crippen LogP contribution in [0.5, 0.6) is 0 Å². The number of carbonyl (C=O) groups is 1. The molecule has 3 aliphatic rings. The Bertz CT molecular complexity index is 1030. The van der Waals surface area contributed by atoms with Crippen LogP contribution in [0.1, 0.15) is 67.4 Å². The van der Waals surface area contributed by atoms with Crippen LogP contribution >= 0.6 is 23.2 Å². The maximum Gasteiger partial charge on any atom is 0.226 e. The normalized spacial score (nSPS) is 27.6. The van der Waals surface area contributed by atoms with E-state index >= 15 is 0 Å². The van der Waals surface area contributed by atoms with Crippen LogP contribution in [0.25, 0.3) is 0 Å². The van der Waals surface area contributed by atoms with E-state index in [1.165, 1.54) is 0 Å². The number of anilines is 1. The summed E-state index contributed by atoms with van der Waals surface area (Å²) in [5.74, 6) is 1.59. The average Bonchev–Trinajstić information content (AvgIpc) is 3.40. The maximum absolute atomic E-state index is 13.5. The van der Waals surface area contributed by atoms with E-state index in [0.29, 0.717) is 29.6 Å². The van der Waals surface area contributed by atoms with Gasteiger partial charge in [0.25, 0.3) is 0 Å². The van der Waals surface area contributed by atoms with E-state index in [1.54, 1.807) is 6.33 Å². The van der Waals surface area contributed by atoms with Gasteiger partial charge in [-0.3, -0.25) is 4.79 Å². The first-order valence-corrected chi connectivity index (χ1v) is 12.2. The Kier molecular flexibility index (Phi) is 6.03. The quantitative estimate of drug-likeness (QED) is 0.705. The van der Waals surface area contributed by atoms with Gasteiger partial charge in [-0.25, -0.2) is 9.97 Å². The molecular weight excluding hydrogens is 447 g/mol. The lowest BCUT2D eigenvalue weighted by molar-refractivity contribution is -0.136. The van der Waals surface area contributed by atoms with Crippen molar-refractivity contribution >= 4 is 34.9 Å². The molecule has 1 amide bonds. The Hall–Kier alpha value is -1.89. The monoisotopic (exact) mass is 474 g/mol. The number of rotatable bonds is 3. The van der Waals surface area contributed by atoms with Gasteiger partial charge in [0.05, 0.1) is 21.8 Å². The fraction of sp³-hybridized carbons (Fsp3) is 0.542. The summed E-state index contributed by atoms with van der Waals surface area (Å²) in [5.41, 5.74) is 2.93. The van der Waals surface area contributed by atoms with Gasteiger partial charge in [0.15, 0.2) is 0 Å². The Morgan fingerprint density at radius 1 is 1.09 bits per heavy atom. The third-order valence-corrected chi connectivity index (χ3v) is 8.11. The molecule has 0 bridgehead atoms. The van der Waals surface area contributed by atoms with E-state index < -0.39 is 6.10 Å². The largest absolute Gasteiger partial charge is 0.387 e. The van der Waals surface area contributed by atoms with E-state index in [4.69, 9.17) is 23.2 Å². The van der Waals surface area contributed by atoms with Crippen molar-refractivity contribution in [2.75, 3.05) is 31.1 Å². The zero-order chi connectivity index (χ0) is 22.4. The summed E-state index contributed by atoms with van der Waals surface area (Å²) in [6.45, 7) is 4.95. The Labute approximate surface area is 198 Å². The summed E-state index contributed by atoms with van der Waals surface area (Å²) in [7, 11) is 0. The van der Waals surface area contributed by atoms with E-state index in [2.05, 4.69) is 21.8 Å². The highest BCUT2D eigenvalue weighted by Crippen LogP contribution is 2.44. The average molecular weight is 475 g/mol. The lowest BCUT2D eigenvalue weighted by atomic mass is 9.87. The number of nitrogens with zero attached hydrogens (tertiary/aromatic N) is 4. The first kappa shape index (κ1) is 21.9. The molecule has 0 radical (unpaired) electrons. The van der Waals surface area contributed by atoms with E-state index in [0.717, 1.165) is 55.0 Å². The zero-order valence-corrected chi connectivity index (χ0v) is 19.7. The molecule has 1 aliphatic heterocycles. The second kappa shape index (κ2) is 8.81. The van der Waals surface area contributed by atoms with Crippen molar-refractivity contribution in [2.24, 2.45) is 5.92 Å². The molecule has 2 heterocycles. The van der Waals surface area contributed by atoms with Crippen LogP contribution in [0.3, 0.4) is 0 Å². The molecule has 170 valence electrons. The maximum atomic E-state index is 13.5. The van der Waals surface area contributed by atoms with Crippen molar-refractivity contribution < 1.29 is 9.90 Å². The lowest BCUT2D eigenvalue weighted by Crippen LogP contribution is -2.51. The number of aromatic nitrogens is 2. The van der Waals surface area contributed by atoms with Crippen LogP contribution in [-0.2, 0) is 4.79 Å². The molecule has 1 N–H and O–H groups in total. The van der Waals surface area contributed by atoms with Gasteiger partial charge in [-0.2, -0.15) is 0 Å². The molecular formula is C24H28Cl2N4O2. The molecule has 1 saturated heterocycles. The molecule has 2 aromatic rings. The minimum atomic E-state index is -0.509. The number of amides is 1. The summed E-state index contributed by atoms with van der Waals surface area (Å²) in [6, 6.07) is 5.76. The summed E-state index contributed by atoms with van der Waals surface area (Å²) < 4.78 is 0. The van der Waals surface area contributed by atoms with Crippen LogP contribution < -0.4 is 4.90 Å². The van der Waals surface area contributed by atoms with E-state index in [9.17, 15) is 9.90 Å².